The molecular weight excluding hydrogens is 239 g/mol. The molecule has 0 bridgehead atoms. The van der Waals surface area contributed by atoms with Crippen LogP contribution in [0, 0.1) is 5.82 Å². The van der Waals surface area contributed by atoms with E-state index in [2.05, 4.69) is 31.0 Å². The molecule has 0 fully saturated rings. The minimum atomic E-state index is -0.167. The zero-order valence-corrected chi connectivity index (χ0v) is 12.5. The van der Waals surface area contributed by atoms with Crippen LogP contribution < -0.4 is 5.32 Å². The lowest BCUT2D eigenvalue weighted by Crippen LogP contribution is -2.30. The number of hydrogen-bond donors (Lipinski definition) is 1. The predicted octanol–water partition coefficient (Wildman–Crippen LogP) is 3.60. The third kappa shape index (κ3) is 5.70. The summed E-state index contributed by atoms with van der Waals surface area (Å²) in [6, 6.07) is 7.18. The summed E-state index contributed by atoms with van der Waals surface area (Å²) in [6.07, 6.45) is 2.25. The largest absolute Gasteiger partial charge is 0.310 e. The zero-order chi connectivity index (χ0) is 14.1. The van der Waals surface area contributed by atoms with Gasteiger partial charge in [0.15, 0.2) is 0 Å². The van der Waals surface area contributed by atoms with E-state index in [1.54, 1.807) is 12.1 Å². The Bertz CT molecular complexity index is 337. The molecule has 3 heteroatoms. The molecule has 0 aliphatic heterocycles. The molecule has 1 rings (SSSR count). The highest BCUT2D eigenvalue weighted by Gasteiger charge is 2.12. The van der Waals surface area contributed by atoms with Gasteiger partial charge in [-0.05, 0) is 56.7 Å². The maximum absolute atomic E-state index is 13.0. The summed E-state index contributed by atoms with van der Waals surface area (Å²) in [5, 5.41) is 3.49. The standard InChI is InChI=1S/C16H27FN2/c1-4-12-19(6-3)13-11-16(18-5-2)14-7-9-15(17)10-8-14/h7-10,16,18H,4-6,11-13H2,1-3H3. The van der Waals surface area contributed by atoms with Crippen molar-refractivity contribution in [2.75, 3.05) is 26.2 Å². The predicted molar refractivity (Wildman–Crippen MR) is 79.8 cm³/mol. The normalized spacial score (nSPS) is 12.9. The highest BCUT2D eigenvalue weighted by atomic mass is 19.1. The van der Waals surface area contributed by atoms with Crippen LogP contribution in [0.25, 0.3) is 0 Å². The van der Waals surface area contributed by atoms with Crippen LogP contribution in [0.4, 0.5) is 4.39 Å². The molecule has 108 valence electrons. The molecule has 0 amide bonds. The maximum atomic E-state index is 13.0. The molecular formula is C16H27FN2. The van der Waals surface area contributed by atoms with Crippen LogP contribution in [0.5, 0.6) is 0 Å². The van der Waals surface area contributed by atoms with Gasteiger partial charge in [0, 0.05) is 6.04 Å². The van der Waals surface area contributed by atoms with Gasteiger partial charge in [-0.15, -0.1) is 0 Å². The fraction of sp³-hybridized carbons (Fsp3) is 0.625. The van der Waals surface area contributed by atoms with Gasteiger partial charge in [0.25, 0.3) is 0 Å². The fourth-order valence-corrected chi connectivity index (χ4v) is 2.38. The van der Waals surface area contributed by atoms with E-state index in [-0.39, 0.29) is 5.82 Å². The Morgan fingerprint density at radius 2 is 1.79 bits per heavy atom. The van der Waals surface area contributed by atoms with Crippen molar-refractivity contribution in [3.63, 3.8) is 0 Å². The summed E-state index contributed by atoms with van der Waals surface area (Å²) in [6.45, 7) is 10.8. The van der Waals surface area contributed by atoms with Gasteiger partial charge in [0.1, 0.15) is 5.82 Å². The first-order valence-corrected chi connectivity index (χ1v) is 7.42. The van der Waals surface area contributed by atoms with Gasteiger partial charge in [0.05, 0.1) is 0 Å². The minimum Gasteiger partial charge on any atom is -0.310 e. The van der Waals surface area contributed by atoms with Crippen molar-refractivity contribution in [1.82, 2.24) is 10.2 Å². The van der Waals surface area contributed by atoms with Crippen LogP contribution in [-0.4, -0.2) is 31.1 Å². The second-order valence-electron chi connectivity index (χ2n) is 4.88. The van der Waals surface area contributed by atoms with Crippen molar-refractivity contribution in [2.24, 2.45) is 0 Å². The summed E-state index contributed by atoms with van der Waals surface area (Å²) >= 11 is 0. The van der Waals surface area contributed by atoms with Crippen LogP contribution in [-0.2, 0) is 0 Å². The molecule has 0 heterocycles. The number of nitrogens with one attached hydrogen (secondary N) is 1. The number of benzene rings is 1. The van der Waals surface area contributed by atoms with E-state index in [1.807, 2.05) is 12.1 Å². The van der Waals surface area contributed by atoms with E-state index >= 15 is 0 Å². The molecule has 0 aliphatic carbocycles. The summed E-state index contributed by atoms with van der Waals surface area (Å²) in [7, 11) is 0. The third-order valence-corrected chi connectivity index (χ3v) is 3.44. The lowest BCUT2D eigenvalue weighted by atomic mass is 10.0. The Morgan fingerprint density at radius 3 is 2.32 bits per heavy atom. The van der Waals surface area contributed by atoms with E-state index in [4.69, 9.17) is 0 Å². The first kappa shape index (κ1) is 16.1. The van der Waals surface area contributed by atoms with Gasteiger partial charge in [-0.3, -0.25) is 0 Å². The highest BCUT2D eigenvalue weighted by Crippen LogP contribution is 2.17. The van der Waals surface area contributed by atoms with Crippen molar-refractivity contribution in [3.8, 4) is 0 Å². The van der Waals surface area contributed by atoms with Gasteiger partial charge in [-0.2, -0.15) is 0 Å². The first-order valence-electron chi connectivity index (χ1n) is 7.42. The molecule has 1 aromatic carbocycles. The number of nitrogens with zero attached hydrogens (tertiary/aromatic N) is 1. The summed E-state index contributed by atoms with van der Waals surface area (Å²) in [4.78, 5) is 2.47. The molecule has 0 aromatic heterocycles. The lowest BCUT2D eigenvalue weighted by Gasteiger charge is -2.24. The Hall–Kier alpha value is -0.930. The van der Waals surface area contributed by atoms with Crippen LogP contribution in [0.15, 0.2) is 24.3 Å². The fourth-order valence-electron chi connectivity index (χ4n) is 2.38. The van der Waals surface area contributed by atoms with Gasteiger partial charge >= 0.3 is 0 Å². The number of rotatable bonds is 9. The van der Waals surface area contributed by atoms with Crippen LogP contribution in [0.2, 0.25) is 0 Å². The maximum Gasteiger partial charge on any atom is 0.123 e. The van der Waals surface area contributed by atoms with Crippen molar-refractivity contribution in [1.29, 1.82) is 0 Å². The van der Waals surface area contributed by atoms with Gasteiger partial charge < -0.3 is 10.2 Å². The van der Waals surface area contributed by atoms with Gasteiger partial charge in [-0.25, -0.2) is 4.39 Å². The molecule has 0 radical (unpaired) electrons. The Kier molecular flexibility index (Phi) is 7.68. The second-order valence-corrected chi connectivity index (χ2v) is 4.88. The van der Waals surface area contributed by atoms with Crippen molar-refractivity contribution in [3.05, 3.63) is 35.6 Å². The molecule has 0 spiro atoms. The van der Waals surface area contributed by atoms with Gasteiger partial charge in [0.2, 0.25) is 0 Å². The topological polar surface area (TPSA) is 15.3 Å². The monoisotopic (exact) mass is 266 g/mol. The highest BCUT2D eigenvalue weighted by molar-refractivity contribution is 5.19. The summed E-state index contributed by atoms with van der Waals surface area (Å²) in [5.41, 5.74) is 1.18. The quantitative estimate of drug-likeness (QED) is 0.734. The smallest absolute Gasteiger partial charge is 0.123 e. The van der Waals surface area contributed by atoms with Gasteiger partial charge in [-0.1, -0.05) is 32.9 Å². The molecule has 19 heavy (non-hydrogen) atoms. The SMILES string of the molecule is CCCN(CC)CCC(NCC)c1ccc(F)cc1. The number of hydrogen-bond acceptors (Lipinski definition) is 2. The molecule has 1 atom stereocenters. The van der Waals surface area contributed by atoms with E-state index in [0.29, 0.717) is 6.04 Å². The third-order valence-electron chi connectivity index (χ3n) is 3.44. The van der Waals surface area contributed by atoms with Crippen molar-refractivity contribution >= 4 is 0 Å². The van der Waals surface area contributed by atoms with E-state index in [0.717, 1.165) is 32.6 Å². The summed E-state index contributed by atoms with van der Waals surface area (Å²) in [5.74, 6) is -0.167. The molecule has 1 unspecified atom stereocenters. The Morgan fingerprint density at radius 1 is 1.11 bits per heavy atom. The minimum absolute atomic E-state index is 0.167. The number of halogens is 1. The average molecular weight is 266 g/mol. The Balaban J connectivity index is 2.59. The molecule has 1 aromatic rings. The van der Waals surface area contributed by atoms with E-state index in [1.165, 1.54) is 12.0 Å². The van der Waals surface area contributed by atoms with Crippen LogP contribution >= 0.6 is 0 Å². The Labute approximate surface area is 117 Å². The zero-order valence-electron chi connectivity index (χ0n) is 12.5. The van der Waals surface area contributed by atoms with Crippen molar-refractivity contribution in [2.45, 2.75) is 39.7 Å². The van der Waals surface area contributed by atoms with Crippen LogP contribution in [0.1, 0.15) is 45.2 Å². The van der Waals surface area contributed by atoms with Crippen LogP contribution in [0.3, 0.4) is 0 Å². The van der Waals surface area contributed by atoms with E-state index < -0.39 is 0 Å². The molecule has 1 N–H and O–H groups in total. The first-order chi connectivity index (χ1) is 9.21. The molecule has 2 nitrogen and oxygen atoms in total. The molecule has 0 saturated heterocycles. The second kappa shape index (κ2) is 9.05. The van der Waals surface area contributed by atoms with E-state index in [9.17, 15) is 4.39 Å². The summed E-state index contributed by atoms with van der Waals surface area (Å²) < 4.78 is 13.0. The molecule has 0 aliphatic rings. The average Bonchev–Trinajstić information content (AvgIpc) is 2.43. The lowest BCUT2D eigenvalue weighted by molar-refractivity contribution is 0.270. The molecule has 0 saturated carbocycles. The van der Waals surface area contributed by atoms with Crippen molar-refractivity contribution < 1.29 is 4.39 Å².